The lowest BCUT2D eigenvalue weighted by atomic mass is 9.96. The molecule has 6 heteroatoms. The highest BCUT2D eigenvalue weighted by Crippen LogP contribution is 2.28. The van der Waals surface area contributed by atoms with Gasteiger partial charge in [-0.1, -0.05) is 30.3 Å². The van der Waals surface area contributed by atoms with Gasteiger partial charge in [-0.05, 0) is 25.3 Å². The monoisotopic (exact) mass is 349 g/mol. The van der Waals surface area contributed by atoms with Crippen LogP contribution < -0.4 is 0 Å². The summed E-state index contributed by atoms with van der Waals surface area (Å²) in [5.74, 6) is 1.27. The van der Waals surface area contributed by atoms with E-state index in [0.717, 1.165) is 42.2 Å². The van der Waals surface area contributed by atoms with E-state index in [1.54, 1.807) is 10.9 Å². The lowest BCUT2D eigenvalue weighted by Gasteiger charge is -2.31. The van der Waals surface area contributed by atoms with Gasteiger partial charge >= 0.3 is 0 Å². The van der Waals surface area contributed by atoms with Crippen LogP contribution in [0.4, 0.5) is 0 Å². The van der Waals surface area contributed by atoms with Crippen LogP contribution in [0.2, 0.25) is 0 Å². The summed E-state index contributed by atoms with van der Waals surface area (Å²) in [5, 5.41) is 4.20. The van der Waals surface area contributed by atoms with Gasteiger partial charge in [-0.3, -0.25) is 9.48 Å². The zero-order valence-corrected chi connectivity index (χ0v) is 15.1. The molecular formula is C20H23N5O. The summed E-state index contributed by atoms with van der Waals surface area (Å²) in [5.41, 5.74) is 3.74. The van der Waals surface area contributed by atoms with Crippen molar-refractivity contribution in [2.75, 3.05) is 13.1 Å². The zero-order valence-electron chi connectivity index (χ0n) is 15.1. The van der Waals surface area contributed by atoms with Crippen molar-refractivity contribution < 1.29 is 4.79 Å². The summed E-state index contributed by atoms with van der Waals surface area (Å²) < 4.78 is 1.74. The molecule has 0 saturated carbocycles. The summed E-state index contributed by atoms with van der Waals surface area (Å²) in [7, 11) is 1.86. The van der Waals surface area contributed by atoms with E-state index in [2.05, 4.69) is 27.2 Å². The smallest absolute Gasteiger partial charge is 0.257 e. The molecule has 3 aromatic rings. The standard InChI is InChI=1S/C20H23N5O/c1-14-17(11-22-24(14)2)20(26)25-10-6-9-16(13-25)19-21-12-18(23-19)15-7-4-3-5-8-15/h3-5,7-8,11-12,16H,6,9-10,13H2,1-2H3,(H,21,23)/t16-/m0/s1. The van der Waals surface area contributed by atoms with E-state index in [1.807, 2.05) is 43.3 Å². The maximum Gasteiger partial charge on any atom is 0.257 e. The molecule has 6 nitrogen and oxygen atoms in total. The number of nitrogens with one attached hydrogen (secondary N) is 1. The normalized spacial score (nSPS) is 17.5. The Morgan fingerprint density at radius 3 is 2.77 bits per heavy atom. The number of amides is 1. The third-order valence-electron chi connectivity index (χ3n) is 5.24. The largest absolute Gasteiger partial charge is 0.342 e. The number of H-pyrrole nitrogens is 1. The van der Waals surface area contributed by atoms with Gasteiger partial charge in [-0.2, -0.15) is 5.10 Å². The Kier molecular flexibility index (Phi) is 4.32. The predicted octanol–water partition coefficient (Wildman–Crippen LogP) is 3.14. The van der Waals surface area contributed by atoms with Crippen LogP contribution in [0.1, 0.15) is 40.6 Å². The molecule has 26 heavy (non-hydrogen) atoms. The van der Waals surface area contributed by atoms with Crippen LogP contribution in [0.15, 0.2) is 42.7 Å². The van der Waals surface area contributed by atoms with Gasteiger partial charge < -0.3 is 9.88 Å². The third kappa shape index (κ3) is 3.03. The molecule has 0 unspecified atom stereocenters. The molecule has 1 aliphatic rings. The Morgan fingerprint density at radius 1 is 1.23 bits per heavy atom. The highest BCUT2D eigenvalue weighted by molar-refractivity contribution is 5.95. The molecule has 1 N–H and O–H groups in total. The summed E-state index contributed by atoms with van der Waals surface area (Å²) in [6, 6.07) is 10.2. The van der Waals surface area contributed by atoms with E-state index in [1.165, 1.54) is 0 Å². The minimum atomic E-state index is 0.0649. The molecule has 4 rings (SSSR count). The minimum absolute atomic E-state index is 0.0649. The van der Waals surface area contributed by atoms with E-state index < -0.39 is 0 Å². The lowest BCUT2D eigenvalue weighted by molar-refractivity contribution is 0.0704. The van der Waals surface area contributed by atoms with E-state index in [9.17, 15) is 4.79 Å². The van der Waals surface area contributed by atoms with Crippen LogP contribution >= 0.6 is 0 Å². The van der Waals surface area contributed by atoms with Crippen molar-refractivity contribution in [3.63, 3.8) is 0 Å². The second-order valence-electron chi connectivity index (χ2n) is 6.91. The second-order valence-corrected chi connectivity index (χ2v) is 6.91. The minimum Gasteiger partial charge on any atom is -0.342 e. The fourth-order valence-corrected chi connectivity index (χ4v) is 3.57. The molecule has 1 fully saturated rings. The SMILES string of the molecule is Cc1c(C(=O)N2CCC[C@H](c3ncc(-c4ccccc4)[nH]3)C2)cnn1C. The average molecular weight is 349 g/mol. The van der Waals surface area contributed by atoms with Crippen LogP contribution in [-0.2, 0) is 7.05 Å². The van der Waals surface area contributed by atoms with Gasteiger partial charge in [0.05, 0.1) is 23.7 Å². The lowest BCUT2D eigenvalue weighted by Crippen LogP contribution is -2.39. The molecule has 0 bridgehead atoms. The number of hydrogen-bond donors (Lipinski definition) is 1. The number of benzene rings is 1. The van der Waals surface area contributed by atoms with E-state index in [0.29, 0.717) is 12.1 Å². The number of imidazole rings is 1. The third-order valence-corrected chi connectivity index (χ3v) is 5.24. The number of likely N-dealkylation sites (tertiary alicyclic amines) is 1. The van der Waals surface area contributed by atoms with Crippen molar-refractivity contribution in [1.29, 1.82) is 0 Å². The second kappa shape index (κ2) is 6.78. The van der Waals surface area contributed by atoms with Gasteiger partial charge in [0.25, 0.3) is 5.91 Å². The number of rotatable bonds is 3. The fraction of sp³-hybridized carbons (Fsp3) is 0.350. The van der Waals surface area contributed by atoms with Gasteiger partial charge in [-0.15, -0.1) is 0 Å². The molecule has 1 amide bonds. The summed E-state index contributed by atoms with van der Waals surface area (Å²) in [6.07, 6.45) is 5.58. The van der Waals surface area contributed by atoms with Crippen LogP contribution in [0.3, 0.4) is 0 Å². The average Bonchev–Trinajstić information content (AvgIpc) is 3.30. The van der Waals surface area contributed by atoms with Crippen LogP contribution in [0.5, 0.6) is 0 Å². The van der Waals surface area contributed by atoms with E-state index in [4.69, 9.17) is 0 Å². The van der Waals surface area contributed by atoms with Crippen molar-refractivity contribution in [3.05, 3.63) is 59.8 Å². The first-order chi connectivity index (χ1) is 12.6. The van der Waals surface area contributed by atoms with Gasteiger partial charge in [0.2, 0.25) is 0 Å². The van der Waals surface area contributed by atoms with Crippen molar-refractivity contribution >= 4 is 5.91 Å². The first-order valence-corrected chi connectivity index (χ1v) is 9.01. The highest BCUT2D eigenvalue weighted by atomic mass is 16.2. The summed E-state index contributed by atoms with van der Waals surface area (Å²) >= 11 is 0. The molecule has 1 aliphatic heterocycles. The molecule has 1 atom stereocenters. The Hall–Kier alpha value is -2.89. The molecule has 2 aromatic heterocycles. The first-order valence-electron chi connectivity index (χ1n) is 9.01. The van der Waals surface area contributed by atoms with Crippen LogP contribution in [-0.4, -0.2) is 43.6 Å². The Balaban J connectivity index is 1.51. The first kappa shape index (κ1) is 16.6. The number of aromatic nitrogens is 4. The predicted molar refractivity (Wildman–Crippen MR) is 99.8 cm³/mol. The number of nitrogens with zero attached hydrogens (tertiary/aromatic N) is 4. The maximum atomic E-state index is 12.9. The number of aromatic amines is 1. The molecule has 134 valence electrons. The molecule has 1 saturated heterocycles. The Labute approximate surface area is 152 Å². The van der Waals surface area contributed by atoms with Gasteiger partial charge in [0, 0.05) is 31.7 Å². The van der Waals surface area contributed by atoms with E-state index in [-0.39, 0.29) is 11.8 Å². The maximum absolute atomic E-state index is 12.9. The van der Waals surface area contributed by atoms with Gasteiger partial charge in [0.15, 0.2) is 0 Å². The number of piperidine rings is 1. The summed E-state index contributed by atoms with van der Waals surface area (Å²) in [4.78, 5) is 22.9. The van der Waals surface area contributed by atoms with Gasteiger partial charge in [0.1, 0.15) is 5.82 Å². The molecule has 0 radical (unpaired) electrons. The Morgan fingerprint density at radius 2 is 2.04 bits per heavy atom. The fourth-order valence-electron chi connectivity index (χ4n) is 3.57. The number of aryl methyl sites for hydroxylation is 1. The molecule has 0 aliphatic carbocycles. The van der Waals surface area contributed by atoms with Crippen molar-refractivity contribution in [2.24, 2.45) is 7.05 Å². The highest BCUT2D eigenvalue weighted by Gasteiger charge is 2.28. The number of carbonyl (C=O) groups is 1. The van der Waals surface area contributed by atoms with Gasteiger partial charge in [-0.25, -0.2) is 4.98 Å². The zero-order chi connectivity index (χ0) is 18.1. The quantitative estimate of drug-likeness (QED) is 0.790. The molecule has 1 aromatic carbocycles. The number of carbonyl (C=O) groups excluding carboxylic acids is 1. The van der Waals surface area contributed by atoms with Crippen molar-refractivity contribution in [2.45, 2.75) is 25.7 Å². The topological polar surface area (TPSA) is 66.8 Å². The van der Waals surface area contributed by atoms with Crippen LogP contribution in [0, 0.1) is 6.92 Å². The molecular weight excluding hydrogens is 326 g/mol. The molecule has 3 heterocycles. The number of hydrogen-bond acceptors (Lipinski definition) is 3. The van der Waals surface area contributed by atoms with Crippen molar-refractivity contribution in [3.8, 4) is 11.3 Å². The Bertz CT molecular complexity index is 911. The van der Waals surface area contributed by atoms with Crippen LogP contribution in [0.25, 0.3) is 11.3 Å². The van der Waals surface area contributed by atoms with Crippen molar-refractivity contribution in [1.82, 2.24) is 24.6 Å². The van der Waals surface area contributed by atoms with E-state index >= 15 is 0 Å². The summed E-state index contributed by atoms with van der Waals surface area (Å²) in [6.45, 7) is 3.41. The molecule has 0 spiro atoms.